The van der Waals surface area contributed by atoms with E-state index in [-0.39, 0.29) is 11.5 Å². The smallest absolute Gasteiger partial charge is 0.138 e. The highest BCUT2D eigenvalue weighted by atomic mass is 16.6. The summed E-state index contributed by atoms with van der Waals surface area (Å²) in [6, 6.07) is 10.4. The Morgan fingerprint density at radius 1 is 0.839 bits per heavy atom. The van der Waals surface area contributed by atoms with Gasteiger partial charge in [-0.2, -0.15) is 0 Å². The fraction of sp³-hybridized carbons (Fsp3) is 0.333. The van der Waals surface area contributed by atoms with Gasteiger partial charge in [-0.1, -0.05) is 36.4 Å². The number of benzene rings is 2. The summed E-state index contributed by atoms with van der Waals surface area (Å²) in [6.45, 7) is 10.4. The molecule has 0 spiro atoms. The van der Waals surface area contributed by atoms with Crippen LogP contribution in [0.2, 0.25) is 0 Å². The van der Waals surface area contributed by atoms with Gasteiger partial charge in [0, 0.05) is 0 Å². The first-order chi connectivity index (χ1) is 15.0. The van der Waals surface area contributed by atoms with Gasteiger partial charge in [-0.25, -0.2) is 0 Å². The maximum absolute atomic E-state index is 9.17. The number of hydrogen-bond donors (Lipinski definition) is 4. The zero-order chi connectivity index (χ0) is 22.6. The Bertz CT molecular complexity index is 778. The summed E-state index contributed by atoms with van der Waals surface area (Å²) in [7, 11) is 0. The van der Waals surface area contributed by atoms with Crippen molar-refractivity contribution < 1.29 is 24.4 Å². The quantitative estimate of drug-likeness (QED) is 0.220. The first-order valence-electron chi connectivity index (χ1n) is 10.1. The number of para-hydroxylation sites is 2. The molecule has 2 unspecified atom stereocenters. The van der Waals surface area contributed by atoms with Gasteiger partial charge in [0.2, 0.25) is 0 Å². The van der Waals surface area contributed by atoms with Gasteiger partial charge in [0.15, 0.2) is 0 Å². The van der Waals surface area contributed by atoms with E-state index in [9.17, 15) is 0 Å². The minimum Gasteiger partial charge on any atom is -0.506 e. The second-order valence-electron chi connectivity index (χ2n) is 7.13. The van der Waals surface area contributed by atoms with E-state index in [1.807, 2.05) is 12.1 Å². The molecule has 31 heavy (non-hydrogen) atoms. The zero-order valence-electron chi connectivity index (χ0n) is 17.7. The minimum atomic E-state index is 0.143. The Morgan fingerprint density at radius 3 is 1.55 bits per heavy atom. The summed E-state index contributed by atoms with van der Waals surface area (Å²) in [6.07, 6.45) is 5.68. The van der Waals surface area contributed by atoms with Crippen molar-refractivity contribution in [1.29, 1.82) is 0 Å². The molecule has 2 aliphatic rings. The molecule has 0 radical (unpaired) electrons. The minimum absolute atomic E-state index is 0.143. The Kier molecular flexibility index (Phi) is 9.90. The van der Waals surface area contributed by atoms with Gasteiger partial charge in [0.25, 0.3) is 0 Å². The van der Waals surface area contributed by atoms with Crippen molar-refractivity contribution in [2.45, 2.75) is 25.0 Å². The number of allylic oxidation sites excluding steroid dienone is 2. The molecule has 168 valence electrons. The highest BCUT2D eigenvalue weighted by Gasteiger charge is 2.26. The maximum Gasteiger partial charge on any atom is 0.138 e. The zero-order valence-corrected chi connectivity index (χ0v) is 17.7. The maximum atomic E-state index is 9.17. The van der Waals surface area contributed by atoms with Gasteiger partial charge in [0.1, 0.15) is 23.7 Å². The lowest BCUT2D eigenvalue weighted by atomic mass is 10.1. The van der Waals surface area contributed by atoms with E-state index in [0.29, 0.717) is 36.4 Å². The van der Waals surface area contributed by atoms with Crippen molar-refractivity contribution in [3.63, 3.8) is 0 Å². The van der Waals surface area contributed by atoms with Crippen LogP contribution in [0.5, 0.6) is 11.5 Å². The number of phenols is 2. The molecule has 2 aliphatic heterocycles. The van der Waals surface area contributed by atoms with Crippen LogP contribution in [0.1, 0.15) is 11.1 Å². The van der Waals surface area contributed by atoms with E-state index < -0.39 is 0 Å². The third kappa shape index (κ3) is 9.13. The summed E-state index contributed by atoms with van der Waals surface area (Å²) in [5.74, 6) is 0.286. The third-order valence-electron chi connectivity index (χ3n) is 4.49. The Labute approximate surface area is 183 Å². The molecule has 2 aromatic carbocycles. The van der Waals surface area contributed by atoms with Crippen LogP contribution >= 0.6 is 0 Å². The van der Waals surface area contributed by atoms with Crippen molar-refractivity contribution >= 4 is 11.4 Å². The van der Waals surface area contributed by atoms with E-state index in [1.165, 1.54) is 0 Å². The lowest BCUT2D eigenvalue weighted by Crippen LogP contribution is -2.06. The van der Waals surface area contributed by atoms with E-state index in [1.54, 1.807) is 36.4 Å². The first-order valence-corrected chi connectivity index (χ1v) is 10.1. The summed E-state index contributed by atoms with van der Waals surface area (Å²) in [4.78, 5) is 0. The van der Waals surface area contributed by atoms with Crippen LogP contribution in [-0.2, 0) is 27.1 Å². The van der Waals surface area contributed by atoms with Crippen LogP contribution in [0.3, 0.4) is 0 Å². The van der Waals surface area contributed by atoms with Gasteiger partial charge in [-0.05, 0) is 36.1 Å². The fourth-order valence-electron chi connectivity index (χ4n) is 2.53. The van der Waals surface area contributed by atoms with Gasteiger partial charge < -0.3 is 35.9 Å². The largest absolute Gasteiger partial charge is 0.506 e. The number of nitrogens with two attached hydrogens (primary N) is 2. The van der Waals surface area contributed by atoms with Crippen LogP contribution in [0.25, 0.3) is 0 Å². The molecule has 0 bridgehead atoms. The normalized spacial score (nSPS) is 17.9. The molecule has 2 saturated heterocycles. The average Bonchev–Trinajstić information content (AvgIpc) is 3.67. The van der Waals surface area contributed by atoms with Crippen molar-refractivity contribution in [1.82, 2.24) is 0 Å². The second-order valence-corrected chi connectivity index (χ2v) is 7.13. The van der Waals surface area contributed by atoms with Crippen molar-refractivity contribution in [2.24, 2.45) is 0 Å². The Balaban J connectivity index is 0.000000166. The number of anilines is 2. The highest BCUT2D eigenvalue weighted by molar-refractivity contribution is 5.58. The summed E-state index contributed by atoms with van der Waals surface area (Å²) in [5.41, 5.74) is 13.9. The van der Waals surface area contributed by atoms with Gasteiger partial charge in [-0.15, -0.1) is 13.2 Å². The standard InChI is InChI=1S/2C9H11NO.C6H10O3/c2*1-2-4-7-5-3-6-8(11)9(7)10;1(5-3-8-5)7-2-6-4-9-6/h2*2-3,5-6,11H,1,4,10H2;5-6H,1-4H2. The van der Waals surface area contributed by atoms with Gasteiger partial charge in [-0.3, -0.25) is 0 Å². The van der Waals surface area contributed by atoms with Crippen molar-refractivity contribution in [2.75, 3.05) is 37.9 Å². The molecule has 2 atom stereocenters. The Hall–Kier alpha value is -3.00. The topological polar surface area (TPSA) is 127 Å². The molecule has 0 amide bonds. The molecule has 2 fully saturated rings. The summed E-state index contributed by atoms with van der Waals surface area (Å²) < 4.78 is 15.1. The molecule has 7 nitrogen and oxygen atoms in total. The summed E-state index contributed by atoms with van der Waals surface area (Å²) in [5, 5.41) is 18.3. The van der Waals surface area contributed by atoms with Crippen LogP contribution in [0.4, 0.5) is 11.4 Å². The van der Waals surface area contributed by atoms with Crippen molar-refractivity contribution in [3.8, 4) is 11.5 Å². The lowest BCUT2D eigenvalue weighted by molar-refractivity contribution is 0.102. The van der Waals surface area contributed by atoms with Crippen LogP contribution < -0.4 is 11.5 Å². The number of nitrogen functional groups attached to an aromatic ring is 2. The number of phenolic OH excluding ortho intramolecular Hbond substituents is 2. The fourth-order valence-corrected chi connectivity index (χ4v) is 2.53. The molecule has 7 heteroatoms. The second kappa shape index (κ2) is 12.6. The molecule has 6 N–H and O–H groups in total. The lowest BCUT2D eigenvalue weighted by Gasteiger charge is -2.03. The molecule has 0 aliphatic carbocycles. The van der Waals surface area contributed by atoms with Gasteiger partial charge >= 0.3 is 0 Å². The summed E-state index contributed by atoms with van der Waals surface area (Å²) >= 11 is 0. The number of hydrogen-bond acceptors (Lipinski definition) is 7. The van der Waals surface area contributed by atoms with Crippen LogP contribution in [0.15, 0.2) is 61.7 Å². The van der Waals surface area contributed by atoms with Gasteiger partial charge in [0.05, 0.1) is 37.8 Å². The average molecular weight is 429 g/mol. The number of rotatable bonds is 8. The first kappa shape index (κ1) is 24.3. The Morgan fingerprint density at radius 2 is 1.23 bits per heavy atom. The van der Waals surface area contributed by atoms with Crippen LogP contribution in [0, 0.1) is 0 Å². The van der Waals surface area contributed by atoms with E-state index in [4.69, 9.17) is 35.9 Å². The molecule has 0 aromatic heterocycles. The van der Waals surface area contributed by atoms with Crippen LogP contribution in [-0.4, -0.2) is 48.8 Å². The number of ether oxygens (including phenoxy) is 3. The molecule has 4 rings (SSSR count). The SMILES string of the molecule is C(OCC1CO1)C1CO1.C=CCc1cccc(O)c1N.C=CCc1cccc(O)c1N. The number of aromatic hydroxyl groups is 2. The predicted molar refractivity (Wildman–Crippen MR) is 123 cm³/mol. The van der Waals surface area contributed by atoms with E-state index >= 15 is 0 Å². The van der Waals surface area contributed by atoms with E-state index in [0.717, 1.165) is 37.6 Å². The molecule has 0 saturated carbocycles. The van der Waals surface area contributed by atoms with E-state index in [2.05, 4.69) is 13.2 Å². The highest BCUT2D eigenvalue weighted by Crippen LogP contribution is 2.24. The monoisotopic (exact) mass is 428 g/mol. The van der Waals surface area contributed by atoms with Crippen molar-refractivity contribution in [3.05, 3.63) is 72.8 Å². The predicted octanol–water partition coefficient (Wildman–Crippen LogP) is 3.21. The number of epoxide rings is 2. The molecule has 2 heterocycles. The third-order valence-corrected chi connectivity index (χ3v) is 4.49. The molecular weight excluding hydrogens is 396 g/mol. The molecular formula is C24H32N2O5. The molecule has 2 aromatic rings.